The van der Waals surface area contributed by atoms with Gasteiger partial charge in [-0.3, -0.25) is 9.36 Å². The van der Waals surface area contributed by atoms with Gasteiger partial charge in [0, 0.05) is 7.11 Å². The second-order valence-electron chi connectivity index (χ2n) is 5.93. The highest BCUT2D eigenvalue weighted by atomic mass is 32.2. The summed E-state index contributed by atoms with van der Waals surface area (Å²) in [5, 5.41) is 1.25. The number of hydrogen-bond acceptors (Lipinski definition) is 6. The van der Waals surface area contributed by atoms with Crippen LogP contribution in [0.25, 0.3) is 10.9 Å². The van der Waals surface area contributed by atoms with Crippen molar-refractivity contribution in [1.82, 2.24) is 14.5 Å². The molecule has 0 saturated carbocycles. The van der Waals surface area contributed by atoms with E-state index in [1.54, 1.807) is 17.7 Å². The third kappa shape index (κ3) is 3.62. The third-order valence-electron chi connectivity index (χ3n) is 4.02. The molecular formula is C18H21N3O3S. The van der Waals surface area contributed by atoms with Gasteiger partial charge in [0.05, 0.1) is 35.0 Å². The van der Waals surface area contributed by atoms with Crippen LogP contribution < -0.4 is 5.56 Å². The van der Waals surface area contributed by atoms with E-state index in [0.29, 0.717) is 34.3 Å². The molecular weight excluding hydrogens is 338 g/mol. The van der Waals surface area contributed by atoms with Gasteiger partial charge in [0.25, 0.3) is 5.56 Å². The Balaban J connectivity index is 2.02. The molecule has 132 valence electrons. The zero-order valence-corrected chi connectivity index (χ0v) is 15.6. The zero-order chi connectivity index (χ0) is 18.0. The summed E-state index contributed by atoms with van der Waals surface area (Å²) in [6, 6.07) is 7.27. The molecule has 0 aliphatic heterocycles. The molecule has 0 bridgehead atoms. The molecule has 7 heteroatoms. The molecule has 3 rings (SSSR count). The minimum Gasteiger partial charge on any atom is -0.445 e. The summed E-state index contributed by atoms with van der Waals surface area (Å²) in [6.07, 6.45) is 0. The number of methoxy groups -OCH3 is 1. The molecule has 0 N–H and O–H groups in total. The SMILES string of the molecule is COC[C@H](C)n1c(SCc2nc(C)c(C)o2)nc2ccccc2c1=O. The van der Waals surface area contributed by atoms with E-state index >= 15 is 0 Å². The Morgan fingerprint density at radius 2 is 2.04 bits per heavy atom. The van der Waals surface area contributed by atoms with Gasteiger partial charge in [-0.15, -0.1) is 0 Å². The molecule has 0 unspecified atom stereocenters. The number of ether oxygens (including phenoxy) is 1. The first-order valence-electron chi connectivity index (χ1n) is 8.07. The van der Waals surface area contributed by atoms with Gasteiger partial charge >= 0.3 is 0 Å². The summed E-state index contributed by atoms with van der Waals surface area (Å²) in [7, 11) is 1.63. The van der Waals surface area contributed by atoms with Crippen LogP contribution in [0.5, 0.6) is 0 Å². The Bertz CT molecular complexity index is 929. The lowest BCUT2D eigenvalue weighted by atomic mass is 10.2. The van der Waals surface area contributed by atoms with E-state index < -0.39 is 0 Å². The lowest BCUT2D eigenvalue weighted by molar-refractivity contribution is 0.156. The number of para-hydroxylation sites is 1. The van der Waals surface area contributed by atoms with E-state index in [0.717, 1.165) is 11.5 Å². The average Bonchev–Trinajstić information content (AvgIpc) is 2.91. The van der Waals surface area contributed by atoms with Crippen molar-refractivity contribution in [2.45, 2.75) is 37.7 Å². The first kappa shape index (κ1) is 17.7. The van der Waals surface area contributed by atoms with Gasteiger partial charge < -0.3 is 9.15 Å². The zero-order valence-electron chi connectivity index (χ0n) is 14.8. The Morgan fingerprint density at radius 3 is 2.72 bits per heavy atom. The van der Waals surface area contributed by atoms with Crippen molar-refractivity contribution in [3.63, 3.8) is 0 Å². The number of aromatic nitrogens is 3. The van der Waals surface area contributed by atoms with Crippen LogP contribution in [0.1, 0.15) is 30.3 Å². The third-order valence-corrected chi connectivity index (χ3v) is 4.96. The predicted octanol–water partition coefficient (Wildman–Crippen LogP) is 3.50. The molecule has 0 radical (unpaired) electrons. The van der Waals surface area contributed by atoms with Crippen LogP contribution in [0.15, 0.2) is 38.6 Å². The smallest absolute Gasteiger partial charge is 0.262 e. The van der Waals surface area contributed by atoms with Crippen molar-refractivity contribution in [3.8, 4) is 0 Å². The second-order valence-corrected chi connectivity index (χ2v) is 6.87. The van der Waals surface area contributed by atoms with Gasteiger partial charge in [-0.25, -0.2) is 9.97 Å². The molecule has 0 spiro atoms. The van der Waals surface area contributed by atoms with Crippen molar-refractivity contribution < 1.29 is 9.15 Å². The van der Waals surface area contributed by atoms with Gasteiger partial charge in [0.1, 0.15) is 5.76 Å². The number of rotatable bonds is 6. The van der Waals surface area contributed by atoms with Crippen molar-refractivity contribution >= 4 is 22.7 Å². The Labute approximate surface area is 150 Å². The first-order valence-corrected chi connectivity index (χ1v) is 9.05. The number of thioether (sulfide) groups is 1. The summed E-state index contributed by atoms with van der Waals surface area (Å²) < 4.78 is 12.6. The number of aryl methyl sites for hydroxylation is 2. The number of nitrogens with zero attached hydrogens (tertiary/aromatic N) is 3. The number of benzene rings is 1. The highest BCUT2D eigenvalue weighted by molar-refractivity contribution is 7.98. The van der Waals surface area contributed by atoms with Crippen LogP contribution in [0.3, 0.4) is 0 Å². The first-order chi connectivity index (χ1) is 12.0. The molecule has 0 aliphatic carbocycles. The maximum absolute atomic E-state index is 13.0. The summed E-state index contributed by atoms with van der Waals surface area (Å²) in [5.74, 6) is 1.96. The standard InChI is InChI=1S/C18H21N3O3S/c1-11(9-23-4)21-17(22)14-7-5-6-8-15(14)20-18(21)25-10-16-19-12(2)13(3)24-16/h5-8,11H,9-10H2,1-4H3/t11-/m0/s1. The van der Waals surface area contributed by atoms with Crippen molar-refractivity contribution in [1.29, 1.82) is 0 Å². The minimum absolute atomic E-state index is 0.0579. The number of oxazole rings is 1. The van der Waals surface area contributed by atoms with Crippen LogP contribution in [0.4, 0.5) is 0 Å². The Morgan fingerprint density at radius 1 is 1.28 bits per heavy atom. The molecule has 1 aromatic carbocycles. The number of hydrogen-bond donors (Lipinski definition) is 0. The van der Waals surface area contributed by atoms with Gasteiger partial charge in [-0.2, -0.15) is 0 Å². The number of fused-ring (bicyclic) bond motifs is 1. The Kier molecular flexibility index (Phi) is 5.24. The highest BCUT2D eigenvalue weighted by Gasteiger charge is 2.17. The lowest BCUT2D eigenvalue weighted by Crippen LogP contribution is -2.28. The molecule has 2 aromatic heterocycles. The van der Waals surface area contributed by atoms with Gasteiger partial charge in [-0.05, 0) is 32.9 Å². The summed E-state index contributed by atoms with van der Waals surface area (Å²) in [6.45, 7) is 6.19. The molecule has 1 atom stereocenters. The molecule has 0 fully saturated rings. The van der Waals surface area contributed by atoms with E-state index in [-0.39, 0.29) is 11.6 Å². The molecule has 0 aliphatic rings. The van der Waals surface area contributed by atoms with Crippen molar-refractivity contribution in [2.75, 3.05) is 13.7 Å². The van der Waals surface area contributed by atoms with E-state index in [1.165, 1.54) is 11.8 Å². The van der Waals surface area contributed by atoms with E-state index in [1.807, 2.05) is 39.0 Å². The predicted molar refractivity (Wildman–Crippen MR) is 98.1 cm³/mol. The second kappa shape index (κ2) is 7.41. The molecule has 0 amide bonds. The quantitative estimate of drug-likeness (QED) is 0.495. The normalized spacial score (nSPS) is 12.6. The monoisotopic (exact) mass is 359 g/mol. The summed E-state index contributed by atoms with van der Waals surface area (Å²) >= 11 is 1.45. The summed E-state index contributed by atoms with van der Waals surface area (Å²) in [4.78, 5) is 22.0. The largest absolute Gasteiger partial charge is 0.445 e. The van der Waals surface area contributed by atoms with E-state index in [4.69, 9.17) is 9.15 Å². The maximum Gasteiger partial charge on any atom is 0.262 e. The molecule has 3 aromatic rings. The molecule has 2 heterocycles. The van der Waals surface area contributed by atoms with Crippen LogP contribution >= 0.6 is 11.8 Å². The van der Waals surface area contributed by atoms with E-state index in [9.17, 15) is 4.79 Å². The van der Waals surface area contributed by atoms with Crippen LogP contribution in [-0.4, -0.2) is 28.3 Å². The molecule has 25 heavy (non-hydrogen) atoms. The molecule has 6 nitrogen and oxygen atoms in total. The van der Waals surface area contributed by atoms with Crippen LogP contribution in [0, 0.1) is 13.8 Å². The van der Waals surface area contributed by atoms with Crippen LogP contribution in [0.2, 0.25) is 0 Å². The maximum atomic E-state index is 13.0. The summed E-state index contributed by atoms with van der Waals surface area (Å²) in [5.41, 5.74) is 1.51. The topological polar surface area (TPSA) is 70.2 Å². The van der Waals surface area contributed by atoms with Gasteiger partial charge in [0.15, 0.2) is 5.16 Å². The van der Waals surface area contributed by atoms with E-state index in [2.05, 4.69) is 9.97 Å². The fraction of sp³-hybridized carbons (Fsp3) is 0.389. The fourth-order valence-electron chi connectivity index (χ4n) is 2.66. The molecule has 0 saturated heterocycles. The fourth-order valence-corrected chi connectivity index (χ4v) is 3.60. The highest BCUT2D eigenvalue weighted by Crippen LogP contribution is 2.25. The Hall–Kier alpha value is -2.12. The van der Waals surface area contributed by atoms with Crippen LogP contribution in [-0.2, 0) is 10.5 Å². The lowest BCUT2D eigenvalue weighted by Gasteiger charge is -2.18. The van der Waals surface area contributed by atoms with Gasteiger partial charge in [-0.1, -0.05) is 23.9 Å². The van der Waals surface area contributed by atoms with Gasteiger partial charge in [0.2, 0.25) is 5.89 Å². The van der Waals surface area contributed by atoms with Crippen molar-refractivity contribution in [3.05, 3.63) is 52.0 Å². The minimum atomic E-state index is -0.120. The van der Waals surface area contributed by atoms with Crippen molar-refractivity contribution in [2.24, 2.45) is 0 Å². The average molecular weight is 359 g/mol.